The molecule has 1 aliphatic rings. The summed E-state index contributed by atoms with van der Waals surface area (Å²) in [6.07, 6.45) is 3.43. The minimum absolute atomic E-state index is 0.0380. The molecule has 2 atom stereocenters. The van der Waals surface area contributed by atoms with Gasteiger partial charge in [0.1, 0.15) is 4.90 Å². The highest BCUT2D eigenvalue weighted by Gasteiger charge is 2.30. The van der Waals surface area contributed by atoms with Crippen LogP contribution < -0.4 is 10.5 Å². The lowest BCUT2D eigenvalue weighted by atomic mass is 9.86. The Balaban J connectivity index is 2.28. The van der Waals surface area contributed by atoms with E-state index in [1.165, 1.54) is 12.1 Å². The molecule has 0 heterocycles. The first-order valence-electron chi connectivity index (χ1n) is 6.73. The van der Waals surface area contributed by atoms with Crippen molar-refractivity contribution in [3.63, 3.8) is 0 Å². The molecule has 4 N–H and O–H groups in total. The van der Waals surface area contributed by atoms with Crippen LogP contribution >= 0.6 is 23.2 Å². The molecule has 1 saturated carbocycles. The number of aliphatic hydroxyl groups is 1. The van der Waals surface area contributed by atoms with E-state index in [9.17, 15) is 13.5 Å². The average Bonchev–Trinajstić information content (AvgIpc) is 2.44. The van der Waals surface area contributed by atoms with Crippen LogP contribution in [0.25, 0.3) is 0 Å². The number of hydrogen-bond acceptors (Lipinski definition) is 4. The molecule has 0 aromatic heterocycles. The Morgan fingerprint density at radius 3 is 2.62 bits per heavy atom. The van der Waals surface area contributed by atoms with Crippen LogP contribution in [0.15, 0.2) is 17.0 Å². The smallest absolute Gasteiger partial charge is 0.242 e. The molecule has 1 fully saturated rings. The second-order valence-electron chi connectivity index (χ2n) is 5.23. The second-order valence-corrected chi connectivity index (χ2v) is 7.70. The first kappa shape index (κ1) is 16.8. The summed E-state index contributed by atoms with van der Waals surface area (Å²) in [7, 11) is -3.80. The molecular formula is C13H18Cl2N2O3S. The molecule has 1 aromatic carbocycles. The number of nitrogens with two attached hydrogens (primary N) is 1. The highest BCUT2D eigenvalue weighted by Crippen LogP contribution is 2.34. The van der Waals surface area contributed by atoms with E-state index in [4.69, 9.17) is 28.9 Å². The zero-order valence-electron chi connectivity index (χ0n) is 11.4. The van der Waals surface area contributed by atoms with Gasteiger partial charge in [-0.05, 0) is 30.9 Å². The van der Waals surface area contributed by atoms with E-state index in [1.54, 1.807) is 0 Å². The molecule has 118 valence electrons. The highest BCUT2D eigenvalue weighted by molar-refractivity contribution is 7.89. The number of nitrogens with one attached hydrogen (secondary N) is 1. The lowest BCUT2D eigenvalue weighted by molar-refractivity contribution is 0.164. The van der Waals surface area contributed by atoms with Crippen LogP contribution in [-0.4, -0.2) is 26.2 Å². The summed E-state index contributed by atoms with van der Waals surface area (Å²) in [5.74, 6) is -0.0723. The molecular weight excluding hydrogens is 335 g/mol. The van der Waals surface area contributed by atoms with Crippen LogP contribution in [-0.2, 0) is 10.0 Å². The number of nitrogen functional groups attached to an aromatic ring is 1. The summed E-state index contributed by atoms with van der Waals surface area (Å²) in [6.45, 7) is -0.0380. The van der Waals surface area contributed by atoms with Gasteiger partial charge in [0.25, 0.3) is 0 Å². The van der Waals surface area contributed by atoms with Crippen molar-refractivity contribution in [1.82, 2.24) is 4.72 Å². The Bertz CT molecular complexity index is 622. The minimum Gasteiger partial charge on any atom is -0.396 e. The first-order valence-corrected chi connectivity index (χ1v) is 8.97. The average molecular weight is 353 g/mol. The van der Waals surface area contributed by atoms with Gasteiger partial charge in [0.2, 0.25) is 10.0 Å². The summed E-state index contributed by atoms with van der Waals surface area (Å²) >= 11 is 11.8. The Labute approximate surface area is 134 Å². The fourth-order valence-electron chi connectivity index (χ4n) is 2.60. The number of rotatable bonds is 4. The minimum atomic E-state index is -3.80. The van der Waals surface area contributed by atoms with Crippen molar-refractivity contribution >= 4 is 38.9 Å². The van der Waals surface area contributed by atoms with Gasteiger partial charge < -0.3 is 10.8 Å². The Kier molecular flexibility index (Phi) is 5.38. The number of anilines is 1. The van der Waals surface area contributed by atoms with Crippen molar-refractivity contribution in [1.29, 1.82) is 0 Å². The van der Waals surface area contributed by atoms with Crippen molar-refractivity contribution in [2.24, 2.45) is 5.92 Å². The topological polar surface area (TPSA) is 92.4 Å². The molecule has 21 heavy (non-hydrogen) atoms. The van der Waals surface area contributed by atoms with Crippen molar-refractivity contribution in [3.8, 4) is 0 Å². The highest BCUT2D eigenvalue weighted by atomic mass is 35.5. The first-order chi connectivity index (χ1) is 9.86. The van der Waals surface area contributed by atoms with E-state index in [0.717, 1.165) is 19.3 Å². The Morgan fingerprint density at radius 2 is 1.95 bits per heavy atom. The number of benzene rings is 1. The SMILES string of the molecule is Nc1c(Cl)ccc(S(=O)(=O)NC2CCCCC2CO)c1Cl. The summed E-state index contributed by atoms with van der Waals surface area (Å²) in [5, 5.41) is 9.50. The van der Waals surface area contributed by atoms with Gasteiger partial charge in [-0.2, -0.15) is 0 Å². The van der Waals surface area contributed by atoms with E-state index < -0.39 is 10.0 Å². The van der Waals surface area contributed by atoms with Gasteiger partial charge in [0.05, 0.1) is 15.7 Å². The predicted octanol–water partition coefficient (Wildman–Crippen LogP) is 2.41. The van der Waals surface area contributed by atoms with Crippen LogP contribution in [0.3, 0.4) is 0 Å². The van der Waals surface area contributed by atoms with Gasteiger partial charge in [0, 0.05) is 12.6 Å². The third kappa shape index (κ3) is 3.63. The molecule has 0 saturated heterocycles. The lowest BCUT2D eigenvalue weighted by Gasteiger charge is -2.30. The van der Waals surface area contributed by atoms with Crippen molar-refractivity contribution in [3.05, 3.63) is 22.2 Å². The number of hydrogen-bond donors (Lipinski definition) is 3. The molecule has 0 spiro atoms. The maximum absolute atomic E-state index is 12.5. The molecule has 1 aromatic rings. The van der Waals surface area contributed by atoms with Gasteiger partial charge in [-0.25, -0.2) is 13.1 Å². The van der Waals surface area contributed by atoms with Gasteiger partial charge in [-0.1, -0.05) is 36.0 Å². The summed E-state index contributed by atoms with van der Waals surface area (Å²) in [6, 6.07) is 2.45. The summed E-state index contributed by atoms with van der Waals surface area (Å²) < 4.78 is 27.6. The van der Waals surface area contributed by atoms with Gasteiger partial charge in [0.15, 0.2) is 0 Å². The van der Waals surface area contributed by atoms with Crippen molar-refractivity contribution in [2.45, 2.75) is 36.6 Å². The fraction of sp³-hybridized carbons (Fsp3) is 0.538. The second kappa shape index (κ2) is 6.71. The number of halogens is 2. The molecule has 2 rings (SSSR count). The van der Waals surface area contributed by atoms with Crippen LogP contribution in [0, 0.1) is 5.92 Å². The Morgan fingerprint density at radius 1 is 1.29 bits per heavy atom. The molecule has 0 aliphatic heterocycles. The van der Waals surface area contributed by atoms with E-state index in [0.29, 0.717) is 6.42 Å². The third-order valence-electron chi connectivity index (χ3n) is 3.83. The molecule has 8 heteroatoms. The van der Waals surface area contributed by atoms with Crippen LogP contribution in [0.2, 0.25) is 10.0 Å². The van der Waals surface area contributed by atoms with Crippen molar-refractivity contribution < 1.29 is 13.5 Å². The Hall–Kier alpha value is -0.530. The predicted molar refractivity (Wildman–Crippen MR) is 84.0 cm³/mol. The molecule has 5 nitrogen and oxygen atoms in total. The monoisotopic (exact) mass is 352 g/mol. The quantitative estimate of drug-likeness (QED) is 0.725. The van der Waals surface area contributed by atoms with E-state index in [-0.39, 0.29) is 39.2 Å². The van der Waals surface area contributed by atoms with E-state index in [1.807, 2.05) is 0 Å². The molecule has 1 aliphatic carbocycles. The third-order valence-corrected chi connectivity index (χ3v) is 6.21. The molecule has 0 amide bonds. The van der Waals surface area contributed by atoms with Crippen LogP contribution in [0.1, 0.15) is 25.7 Å². The maximum Gasteiger partial charge on any atom is 0.242 e. The molecule has 0 bridgehead atoms. The lowest BCUT2D eigenvalue weighted by Crippen LogP contribution is -2.43. The van der Waals surface area contributed by atoms with Crippen molar-refractivity contribution in [2.75, 3.05) is 12.3 Å². The normalized spacial score (nSPS) is 23.2. The zero-order valence-corrected chi connectivity index (χ0v) is 13.7. The van der Waals surface area contributed by atoms with Gasteiger partial charge in [-0.3, -0.25) is 0 Å². The standard InChI is InChI=1S/C13H18Cl2N2O3S/c14-9-5-6-11(12(15)13(9)16)21(19,20)17-10-4-2-1-3-8(10)7-18/h5-6,8,10,17-18H,1-4,7,16H2. The van der Waals surface area contributed by atoms with Crippen LogP contribution in [0.4, 0.5) is 5.69 Å². The van der Waals surface area contributed by atoms with E-state index in [2.05, 4.69) is 4.72 Å². The van der Waals surface area contributed by atoms with Gasteiger partial charge >= 0.3 is 0 Å². The summed E-state index contributed by atoms with van der Waals surface area (Å²) in [5.41, 5.74) is 5.71. The fourth-order valence-corrected chi connectivity index (χ4v) is 4.71. The zero-order chi connectivity index (χ0) is 15.6. The van der Waals surface area contributed by atoms with E-state index >= 15 is 0 Å². The number of aliphatic hydroxyl groups excluding tert-OH is 1. The van der Waals surface area contributed by atoms with Gasteiger partial charge in [-0.15, -0.1) is 0 Å². The van der Waals surface area contributed by atoms with Crippen LogP contribution in [0.5, 0.6) is 0 Å². The maximum atomic E-state index is 12.5. The molecule has 0 radical (unpaired) electrons. The summed E-state index contributed by atoms with van der Waals surface area (Å²) in [4.78, 5) is -0.0895. The molecule has 2 unspecified atom stereocenters. The number of sulfonamides is 1. The largest absolute Gasteiger partial charge is 0.396 e.